The molecule has 0 unspecified atom stereocenters. The fourth-order valence-electron chi connectivity index (χ4n) is 3.03. The lowest BCUT2D eigenvalue weighted by Crippen LogP contribution is -2.14. The Hall–Kier alpha value is -3.26. The van der Waals surface area contributed by atoms with Gasteiger partial charge in [0.05, 0.1) is 10.0 Å². The van der Waals surface area contributed by atoms with Crippen molar-refractivity contribution in [2.75, 3.05) is 5.32 Å². The number of hydrogen-bond donors (Lipinski definition) is 1. The van der Waals surface area contributed by atoms with Crippen molar-refractivity contribution in [2.45, 2.75) is 27.4 Å². The summed E-state index contributed by atoms with van der Waals surface area (Å²) in [5.74, 6) is -0.155. The number of carbonyl (C=O) groups excluding carboxylic acids is 1. The average Bonchev–Trinajstić information content (AvgIpc) is 2.76. The van der Waals surface area contributed by atoms with Gasteiger partial charge >= 0.3 is 0 Å². The second kappa shape index (κ2) is 10.4. The third kappa shape index (κ3) is 5.70. The largest absolute Gasteiger partial charge is 0.486 e. The Morgan fingerprint density at radius 2 is 1.72 bits per heavy atom. The quantitative estimate of drug-likeness (QED) is 0.314. The van der Waals surface area contributed by atoms with Gasteiger partial charge in [0.15, 0.2) is 5.75 Å². The van der Waals surface area contributed by atoms with Crippen LogP contribution >= 0.6 is 23.2 Å². The highest BCUT2D eigenvalue weighted by Gasteiger charge is 2.14. The molecular weight excluding hydrogens is 443 g/mol. The van der Waals surface area contributed by atoms with Crippen LogP contribution in [-0.4, -0.2) is 5.91 Å². The van der Waals surface area contributed by atoms with Gasteiger partial charge < -0.3 is 10.1 Å². The van der Waals surface area contributed by atoms with Gasteiger partial charge in [0, 0.05) is 5.69 Å². The van der Waals surface area contributed by atoms with Gasteiger partial charge in [0.25, 0.3) is 5.91 Å². The van der Waals surface area contributed by atoms with Crippen LogP contribution < -0.4 is 10.1 Å². The van der Waals surface area contributed by atoms with E-state index >= 15 is 0 Å². The van der Waals surface area contributed by atoms with Crippen LogP contribution in [0.1, 0.15) is 27.8 Å². The Morgan fingerprint density at radius 1 is 1.06 bits per heavy atom. The normalized spacial score (nSPS) is 11.1. The highest BCUT2D eigenvalue weighted by Crippen LogP contribution is 2.35. The number of carbonyl (C=O) groups is 1. The van der Waals surface area contributed by atoms with Crippen molar-refractivity contribution in [2.24, 2.45) is 0 Å². The smallest absolute Gasteiger partial charge is 0.266 e. The van der Waals surface area contributed by atoms with Gasteiger partial charge in [0.1, 0.15) is 18.2 Å². The van der Waals surface area contributed by atoms with Gasteiger partial charge in [-0.25, -0.2) is 0 Å². The van der Waals surface area contributed by atoms with E-state index < -0.39 is 5.91 Å². The summed E-state index contributed by atoms with van der Waals surface area (Å²) in [5.41, 5.74) is 5.26. The molecule has 1 amide bonds. The van der Waals surface area contributed by atoms with Crippen LogP contribution in [0.25, 0.3) is 6.08 Å². The molecule has 0 saturated heterocycles. The molecule has 1 N–H and O–H groups in total. The number of nitriles is 1. The minimum atomic E-state index is -0.506. The minimum Gasteiger partial charge on any atom is -0.486 e. The molecule has 0 spiro atoms. The van der Waals surface area contributed by atoms with Crippen molar-refractivity contribution in [3.8, 4) is 11.8 Å². The molecule has 0 bridgehead atoms. The van der Waals surface area contributed by atoms with Crippen LogP contribution in [-0.2, 0) is 11.4 Å². The first kappa shape index (κ1) is 23.4. The predicted molar refractivity (Wildman–Crippen MR) is 130 cm³/mol. The molecule has 0 aliphatic heterocycles. The SMILES string of the molecule is Cc1ccc(COc2c(Cl)cc(/C=C(\C#N)C(=O)Nc3cccc(C)c3C)cc2Cl)cc1. The Kier molecular flexibility index (Phi) is 7.58. The summed E-state index contributed by atoms with van der Waals surface area (Å²) >= 11 is 12.8. The molecule has 3 aromatic rings. The van der Waals surface area contributed by atoms with Gasteiger partial charge in [-0.05, 0) is 67.3 Å². The molecule has 3 aromatic carbocycles. The van der Waals surface area contributed by atoms with E-state index in [2.05, 4.69) is 5.32 Å². The van der Waals surface area contributed by atoms with E-state index in [1.807, 2.05) is 63.2 Å². The third-order valence-electron chi connectivity index (χ3n) is 5.05. The molecule has 0 aliphatic rings. The Balaban J connectivity index is 1.78. The lowest BCUT2D eigenvalue weighted by Gasteiger charge is -2.12. The zero-order valence-electron chi connectivity index (χ0n) is 18.0. The highest BCUT2D eigenvalue weighted by atomic mass is 35.5. The maximum atomic E-state index is 12.6. The van der Waals surface area contributed by atoms with E-state index in [1.165, 1.54) is 6.08 Å². The number of ether oxygens (including phenoxy) is 1. The highest BCUT2D eigenvalue weighted by molar-refractivity contribution is 6.37. The Morgan fingerprint density at radius 3 is 2.34 bits per heavy atom. The van der Waals surface area contributed by atoms with Crippen molar-refractivity contribution < 1.29 is 9.53 Å². The van der Waals surface area contributed by atoms with Gasteiger partial charge in [-0.3, -0.25) is 4.79 Å². The van der Waals surface area contributed by atoms with E-state index in [4.69, 9.17) is 27.9 Å². The summed E-state index contributed by atoms with van der Waals surface area (Å²) in [6.07, 6.45) is 1.45. The molecule has 3 rings (SSSR count). The number of hydrogen-bond acceptors (Lipinski definition) is 3. The predicted octanol–water partition coefficient (Wildman–Crippen LogP) is 7.04. The number of benzene rings is 3. The van der Waals surface area contributed by atoms with Crippen LogP contribution in [0.5, 0.6) is 5.75 Å². The first-order valence-corrected chi connectivity index (χ1v) is 10.7. The molecule has 0 atom stereocenters. The number of halogens is 2. The van der Waals surface area contributed by atoms with Crippen molar-refractivity contribution >= 4 is 40.9 Å². The Bertz CT molecular complexity index is 1200. The monoisotopic (exact) mass is 464 g/mol. The maximum Gasteiger partial charge on any atom is 0.266 e. The number of anilines is 1. The van der Waals surface area contributed by atoms with E-state index in [9.17, 15) is 10.1 Å². The summed E-state index contributed by atoms with van der Waals surface area (Å²) in [7, 11) is 0. The van der Waals surface area contributed by atoms with E-state index in [1.54, 1.807) is 18.2 Å². The summed E-state index contributed by atoms with van der Waals surface area (Å²) in [5, 5.41) is 12.9. The van der Waals surface area contributed by atoms with E-state index in [0.717, 1.165) is 22.3 Å². The number of nitrogens with one attached hydrogen (secondary N) is 1. The zero-order chi connectivity index (χ0) is 23.3. The van der Waals surface area contributed by atoms with Crippen molar-refractivity contribution in [1.29, 1.82) is 5.26 Å². The number of aryl methyl sites for hydroxylation is 2. The second-order valence-electron chi connectivity index (χ2n) is 7.46. The van der Waals surface area contributed by atoms with E-state index in [0.29, 0.717) is 33.7 Å². The Labute approximate surface area is 198 Å². The van der Waals surface area contributed by atoms with Crippen LogP contribution in [0.15, 0.2) is 60.2 Å². The van der Waals surface area contributed by atoms with Gasteiger partial charge in [-0.2, -0.15) is 5.26 Å². The summed E-state index contributed by atoms with van der Waals surface area (Å²) in [4.78, 5) is 12.6. The molecule has 0 heterocycles. The van der Waals surface area contributed by atoms with Crippen molar-refractivity contribution in [3.63, 3.8) is 0 Å². The summed E-state index contributed by atoms with van der Waals surface area (Å²) < 4.78 is 5.80. The van der Waals surface area contributed by atoms with Gasteiger partial charge in [-0.15, -0.1) is 0 Å². The molecule has 0 aliphatic carbocycles. The molecule has 0 saturated carbocycles. The van der Waals surface area contributed by atoms with Crippen LogP contribution in [0, 0.1) is 32.1 Å². The van der Waals surface area contributed by atoms with Crippen LogP contribution in [0.3, 0.4) is 0 Å². The van der Waals surface area contributed by atoms with Crippen LogP contribution in [0.4, 0.5) is 5.69 Å². The first-order chi connectivity index (χ1) is 15.3. The molecule has 0 aromatic heterocycles. The minimum absolute atomic E-state index is 0.0636. The van der Waals surface area contributed by atoms with Crippen molar-refractivity contribution in [3.05, 3.63) is 98.0 Å². The molecule has 6 heteroatoms. The fraction of sp³-hybridized carbons (Fsp3) is 0.154. The second-order valence-corrected chi connectivity index (χ2v) is 8.27. The summed E-state index contributed by atoms with van der Waals surface area (Å²) in [6, 6.07) is 18.7. The first-order valence-electron chi connectivity index (χ1n) is 9.95. The lowest BCUT2D eigenvalue weighted by molar-refractivity contribution is -0.112. The number of rotatable bonds is 6. The van der Waals surface area contributed by atoms with E-state index in [-0.39, 0.29) is 5.57 Å². The maximum absolute atomic E-state index is 12.6. The fourth-order valence-corrected chi connectivity index (χ4v) is 3.64. The topological polar surface area (TPSA) is 62.1 Å². The molecule has 32 heavy (non-hydrogen) atoms. The van der Waals surface area contributed by atoms with Gasteiger partial charge in [-0.1, -0.05) is 65.2 Å². The van der Waals surface area contributed by atoms with Crippen molar-refractivity contribution in [1.82, 2.24) is 0 Å². The molecule has 0 radical (unpaired) electrons. The number of amides is 1. The number of nitrogens with zero attached hydrogens (tertiary/aromatic N) is 1. The third-order valence-corrected chi connectivity index (χ3v) is 5.61. The molecule has 162 valence electrons. The standard InChI is InChI=1S/C26H22Cl2N2O2/c1-16-7-9-19(10-8-16)15-32-25-22(27)12-20(13-23(25)28)11-21(14-29)26(31)30-24-6-4-5-17(2)18(24)3/h4-13H,15H2,1-3H3,(H,30,31)/b21-11+. The molecule has 4 nitrogen and oxygen atoms in total. The lowest BCUT2D eigenvalue weighted by atomic mass is 10.1. The van der Waals surface area contributed by atoms with Crippen LogP contribution in [0.2, 0.25) is 10.0 Å². The molecule has 0 fully saturated rings. The average molecular weight is 465 g/mol. The summed E-state index contributed by atoms with van der Waals surface area (Å²) in [6.45, 7) is 6.20. The zero-order valence-corrected chi connectivity index (χ0v) is 19.5. The molecular formula is C26H22Cl2N2O2. The van der Waals surface area contributed by atoms with Gasteiger partial charge in [0.2, 0.25) is 0 Å².